The van der Waals surface area contributed by atoms with Gasteiger partial charge in [0.2, 0.25) is 0 Å². The maximum Gasteiger partial charge on any atom is 0.137 e. The number of hydrogen-bond acceptors (Lipinski definition) is 3. The molecule has 1 aromatic carbocycles. The molecule has 102 valence electrons. The van der Waals surface area contributed by atoms with Crippen molar-refractivity contribution in [1.82, 2.24) is 10.3 Å². The molecule has 1 unspecified atom stereocenters. The first-order valence-corrected chi connectivity index (χ1v) is 7.94. The Morgan fingerprint density at radius 2 is 2.32 bits per heavy atom. The lowest BCUT2D eigenvalue weighted by Crippen LogP contribution is -2.24. The number of benzene rings is 1. The van der Waals surface area contributed by atoms with Crippen molar-refractivity contribution in [2.24, 2.45) is 0 Å². The fourth-order valence-electron chi connectivity index (χ4n) is 1.94. The number of aromatic nitrogens is 1. The summed E-state index contributed by atoms with van der Waals surface area (Å²) in [5.41, 5.74) is 2.79. The van der Waals surface area contributed by atoms with E-state index >= 15 is 0 Å². The van der Waals surface area contributed by atoms with Crippen molar-refractivity contribution in [1.29, 1.82) is 0 Å². The molecule has 1 aromatic heterocycles. The Bertz CT molecular complexity index is 516. The molecular formula is C14H16BrFN2S. The van der Waals surface area contributed by atoms with E-state index in [9.17, 15) is 4.39 Å². The first-order chi connectivity index (χ1) is 9.22. The first kappa shape index (κ1) is 14.6. The molecule has 1 N–H and O–H groups in total. The SMILES string of the molecule is CCCNC(Cc1cncs1)c1cccc(F)c1Br. The molecule has 0 spiro atoms. The predicted molar refractivity (Wildman–Crippen MR) is 81.0 cm³/mol. The molecule has 1 heterocycles. The van der Waals surface area contributed by atoms with Crippen molar-refractivity contribution in [3.63, 3.8) is 0 Å². The number of halogens is 2. The molecular weight excluding hydrogens is 327 g/mol. The van der Waals surface area contributed by atoms with Gasteiger partial charge in [0.25, 0.3) is 0 Å². The molecule has 0 saturated carbocycles. The normalized spacial score (nSPS) is 12.6. The van der Waals surface area contributed by atoms with Crippen molar-refractivity contribution in [3.8, 4) is 0 Å². The van der Waals surface area contributed by atoms with Gasteiger partial charge in [-0.1, -0.05) is 19.1 Å². The zero-order valence-electron chi connectivity index (χ0n) is 10.7. The Morgan fingerprint density at radius 1 is 1.47 bits per heavy atom. The van der Waals surface area contributed by atoms with Crippen molar-refractivity contribution in [2.75, 3.05) is 6.54 Å². The summed E-state index contributed by atoms with van der Waals surface area (Å²) in [7, 11) is 0. The van der Waals surface area contributed by atoms with Gasteiger partial charge >= 0.3 is 0 Å². The van der Waals surface area contributed by atoms with Crippen LogP contribution in [0.15, 0.2) is 34.4 Å². The monoisotopic (exact) mass is 342 g/mol. The van der Waals surface area contributed by atoms with E-state index in [2.05, 4.69) is 33.2 Å². The zero-order valence-corrected chi connectivity index (χ0v) is 13.1. The van der Waals surface area contributed by atoms with Crippen LogP contribution in [0.4, 0.5) is 4.39 Å². The van der Waals surface area contributed by atoms with Crippen LogP contribution in [0, 0.1) is 5.82 Å². The lowest BCUT2D eigenvalue weighted by atomic mass is 10.0. The maximum absolute atomic E-state index is 13.7. The van der Waals surface area contributed by atoms with E-state index in [0.717, 1.165) is 24.9 Å². The van der Waals surface area contributed by atoms with Gasteiger partial charge in [0.1, 0.15) is 5.82 Å². The van der Waals surface area contributed by atoms with Crippen molar-refractivity contribution in [2.45, 2.75) is 25.8 Å². The molecule has 0 fully saturated rings. The quantitative estimate of drug-likeness (QED) is 0.845. The van der Waals surface area contributed by atoms with E-state index in [4.69, 9.17) is 0 Å². The van der Waals surface area contributed by atoms with Gasteiger partial charge in [-0.2, -0.15) is 0 Å². The van der Waals surface area contributed by atoms with Crippen molar-refractivity contribution >= 4 is 27.3 Å². The van der Waals surface area contributed by atoms with E-state index in [-0.39, 0.29) is 11.9 Å². The van der Waals surface area contributed by atoms with Crippen molar-refractivity contribution in [3.05, 3.63) is 50.6 Å². The van der Waals surface area contributed by atoms with Gasteiger partial charge in [-0.25, -0.2) is 4.39 Å². The Labute approximate surface area is 125 Å². The molecule has 0 saturated heterocycles. The predicted octanol–water partition coefficient (Wildman–Crippen LogP) is 4.33. The molecule has 2 rings (SSSR count). The number of hydrogen-bond donors (Lipinski definition) is 1. The molecule has 1 atom stereocenters. The van der Waals surface area contributed by atoms with Crippen LogP contribution in [-0.4, -0.2) is 11.5 Å². The van der Waals surface area contributed by atoms with Gasteiger partial charge in [-0.15, -0.1) is 11.3 Å². The van der Waals surface area contributed by atoms with Gasteiger partial charge in [0.05, 0.1) is 9.98 Å². The maximum atomic E-state index is 13.7. The second-order valence-corrected chi connectivity index (χ2v) is 6.09. The largest absolute Gasteiger partial charge is 0.310 e. The van der Waals surface area contributed by atoms with E-state index in [0.29, 0.717) is 4.47 Å². The lowest BCUT2D eigenvalue weighted by molar-refractivity contribution is 0.523. The Balaban J connectivity index is 2.23. The van der Waals surface area contributed by atoms with Crippen LogP contribution >= 0.6 is 27.3 Å². The molecule has 0 bridgehead atoms. The fraction of sp³-hybridized carbons (Fsp3) is 0.357. The minimum Gasteiger partial charge on any atom is -0.310 e. The summed E-state index contributed by atoms with van der Waals surface area (Å²) in [6.07, 6.45) is 3.75. The van der Waals surface area contributed by atoms with Crippen LogP contribution in [0.25, 0.3) is 0 Å². The molecule has 0 radical (unpaired) electrons. The van der Waals surface area contributed by atoms with Crippen LogP contribution < -0.4 is 5.32 Å². The van der Waals surface area contributed by atoms with Crippen LogP contribution in [0.3, 0.4) is 0 Å². The van der Waals surface area contributed by atoms with Gasteiger partial charge in [0.15, 0.2) is 0 Å². The van der Waals surface area contributed by atoms with Crippen LogP contribution in [0.2, 0.25) is 0 Å². The molecule has 2 aromatic rings. The average Bonchev–Trinajstić information content (AvgIpc) is 2.91. The molecule has 0 aliphatic rings. The Hall–Kier alpha value is -0.780. The van der Waals surface area contributed by atoms with Gasteiger partial charge in [-0.05, 0) is 40.5 Å². The Kier molecular flexibility index (Phi) is 5.48. The summed E-state index contributed by atoms with van der Waals surface area (Å²) in [6, 6.07) is 5.28. The number of nitrogens with zero attached hydrogens (tertiary/aromatic N) is 1. The van der Waals surface area contributed by atoms with E-state index in [1.54, 1.807) is 17.4 Å². The highest BCUT2D eigenvalue weighted by molar-refractivity contribution is 9.10. The third kappa shape index (κ3) is 3.84. The number of nitrogens with one attached hydrogen (secondary N) is 1. The van der Waals surface area contributed by atoms with Crippen LogP contribution in [-0.2, 0) is 6.42 Å². The van der Waals surface area contributed by atoms with E-state index < -0.39 is 0 Å². The minimum atomic E-state index is -0.217. The summed E-state index contributed by atoms with van der Waals surface area (Å²) in [5.74, 6) is -0.217. The van der Waals surface area contributed by atoms with Gasteiger partial charge in [0, 0.05) is 23.5 Å². The summed E-state index contributed by atoms with van der Waals surface area (Å²) < 4.78 is 14.2. The standard InChI is InChI=1S/C14H16BrFN2S/c1-2-6-18-13(7-10-8-17-9-19-10)11-4-3-5-12(16)14(11)15/h3-5,8-9,13,18H,2,6-7H2,1H3. The molecule has 0 aliphatic carbocycles. The van der Waals surface area contributed by atoms with E-state index in [1.165, 1.54) is 10.9 Å². The number of rotatable bonds is 6. The number of thiazole rings is 1. The van der Waals surface area contributed by atoms with E-state index in [1.807, 2.05) is 17.8 Å². The highest BCUT2D eigenvalue weighted by Crippen LogP contribution is 2.29. The van der Waals surface area contributed by atoms with Gasteiger partial charge in [-0.3, -0.25) is 4.98 Å². The summed E-state index contributed by atoms with van der Waals surface area (Å²) in [4.78, 5) is 5.29. The second-order valence-electron chi connectivity index (χ2n) is 4.32. The Morgan fingerprint density at radius 3 is 3.00 bits per heavy atom. The molecule has 0 amide bonds. The fourth-order valence-corrected chi connectivity index (χ4v) is 3.13. The molecule has 0 aliphatic heterocycles. The third-order valence-corrected chi connectivity index (χ3v) is 4.52. The van der Waals surface area contributed by atoms with Gasteiger partial charge < -0.3 is 5.32 Å². The smallest absolute Gasteiger partial charge is 0.137 e. The van der Waals surface area contributed by atoms with Crippen LogP contribution in [0.1, 0.15) is 29.8 Å². The average molecular weight is 343 g/mol. The minimum absolute atomic E-state index is 0.102. The van der Waals surface area contributed by atoms with Crippen LogP contribution in [0.5, 0.6) is 0 Å². The first-order valence-electron chi connectivity index (χ1n) is 6.27. The third-order valence-electron chi connectivity index (χ3n) is 2.89. The molecule has 2 nitrogen and oxygen atoms in total. The zero-order chi connectivity index (χ0) is 13.7. The second kappa shape index (κ2) is 7.12. The summed E-state index contributed by atoms with van der Waals surface area (Å²) >= 11 is 4.98. The molecule has 19 heavy (non-hydrogen) atoms. The van der Waals surface area contributed by atoms with Crippen molar-refractivity contribution < 1.29 is 4.39 Å². The summed E-state index contributed by atoms with van der Waals surface area (Å²) in [5, 5.41) is 3.47. The summed E-state index contributed by atoms with van der Waals surface area (Å²) in [6.45, 7) is 3.03. The molecule has 5 heteroatoms. The topological polar surface area (TPSA) is 24.9 Å². The lowest BCUT2D eigenvalue weighted by Gasteiger charge is -2.19. The highest BCUT2D eigenvalue weighted by Gasteiger charge is 2.17. The highest BCUT2D eigenvalue weighted by atomic mass is 79.9.